The summed E-state index contributed by atoms with van der Waals surface area (Å²) in [7, 11) is -3.55. The van der Waals surface area contributed by atoms with E-state index in [9.17, 15) is 8.42 Å². The van der Waals surface area contributed by atoms with E-state index in [4.69, 9.17) is 0 Å². The predicted octanol–water partition coefficient (Wildman–Crippen LogP) is 2.62. The van der Waals surface area contributed by atoms with Crippen LogP contribution in [0.25, 0.3) is 0 Å². The van der Waals surface area contributed by atoms with E-state index in [1.807, 2.05) is 27.7 Å². The van der Waals surface area contributed by atoms with E-state index in [0.29, 0.717) is 5.69 Å². The molecule has 1 aromatic heterocycles. The molecule has 0 fully saturated rings. The molecule has 1 rings (SSSR count). The topological polar surface area (TPSA) is 71.1 Å². The van der Waals surface area contributed by atoms with Crippen molar-refractivity contribution in [1.29, 1.82) is 0 Å². The lowest BCUT2D eigenvalue weighted by atomic mass is 10.0. The number of hydrogen-bond acceptors (Lipinski definition) is 4. The van der Waals surface area contributed by atoms with Gasteiger partial charge in [0.1, 0.15) is 4.90 Å². The molecule has 0 amide bonds. The van der Waals surface area contributed by atoms with Crippen molar-refractivity contribution >= 4 is 15.7 Å². The van der Waals surface area contributed by atoms with Gasteiger partial charge in [0.25, 0.3) is 0 Å². The van der Waals surface area contributed by atoms with E-state index >= 15 is 0 Å². The Bertz CT molecular complexity index is 515. The molecule has 0 saturated carbocycles. The molecule has 0 spiro atoms. The van der Waals surface area contributed by atoms with E-state index in [1.165, 1.54) is 6.20 Å². The van der Waals surface area contributed by atoms with Crippen LogP contribution >= 0.6 is 0 Å². The van der Waals surface area contributed by atoms with Gasteiger partial charge in [-0.25, -0.2) is 13.1 Å². The lowest BCUT2D eigenvalue weighted by Crippen LogP contribution is -2.38. The summed E-state index contributed by atoms with van der Waals surface area (Å²) in [6.45, 7) is 8.76. The van der Waals surface area contributed by atoms with Crippen molar-refractivity contribution in [3.05, 3.63) is 18.5 Å². The molecule has 20 heavy (non-hydrogen) atoms. The molecule has 0 bridgehead atoms. The Morgan fingerprint density at radius 1 is 1.30 bits per heavy atom. The molecule has 1 atom stereocenters. The first kappa shape index (κ1) is 16.9. The van der Waals surface area contributed by atoms with Crippen LogP contribution in [0.3, 0.4) is 0 Å². The summed E-state index contributed by atoms with van der Waals surface area (Å²) in [6, 6.07) is 1.62. The normalized spacial score (nSPS) is 13.4. The zero-order chi connectivity index (χ0) is 15.2. The highest BCUT2D eigenvalue weighted by Crippen LogP contribution is 2.21. The largest absolute Gasteiger partial charge is 0.384 e. The molecule has 2 N–H and O–H groups in total. The highest BCUT2D eigenvalue weighted by Gasteiger charge is 2.23. The summed E-state index contributed by atoms with van der Waals surface area (Å²) in [5.74, 6) is 0.249. The smallest absolute Gasteiger partial charge is 0.244 e. The molecule has 6 heteroatoms. The highest BCUT2D eigenvalue weighted by atomic mass is 32.2. The maximum Gasteiger partial charge on any atom is 0.244 e. The maximum absolute atomic E-state index is 12.5. The van der Waals surface area contributed by atoms with Gasteiger partial charge in [0, 0.05) is 25.0 Å². The average Bonchev–Trinajstić information content (AvgIpc) is 2.42. The van der Waals surface area contributed by atoms with Crippen molar-refractivity contribution in [2.45, 2.75) is 51.5 Å². The van der Waals surface area contributed by atoms with Gasteiger partial charge >= 0.3 is 0 Å². The van der Waals surface area contributed by atoms with Gasteiger partial charge in [0.2, 0.25) is 10.0 Å². The molecule has 0 radical (unpaired) electrons. The Balaban J connectivity index is 3.02. The minimum atomic E-state index is -3.55. The molecule has 5 nitrogen and oxygen atoms in total. The lowest BCUT2D eigenvalue weighted by Gasteiger charge is -2.21. The van der Waals surface area contributed by atoms with Gasteiger partial charge in [0.15, 0.2) is 0 Å². The van der Waals surface area contributed by atoms with Crippen LogP contribution in [0, 0.1) is 5.92 Å². The first-order valence-corrected chi connectivity index (χ1v) is 8.60. The molecular formula is C14H25N3O2S. The molecule has 0 aliphatic rings. The van der Waals surface area contributed by atoms with Gasteiger partial charge < -0.3 is 5.32 Å². The van der Waals surface area contributed by atoms with Crippen molar-refractivity contribution in [3.63, 3.8) is 0 Å². The second-order valence-electron chi connectivity index (χ2n) is 5.18. The maximum atomic E-state index is 12.5. The Labute approximate surface area is 122 Å². The number of nitrogens with one attached hydrogen (secondary N) is 2. The van der Waals surface area contributed by atoms with Crippen LogP contribution in [0.4, 0.5) is 5.69 Å². The van der Waals surface area contributed by atoms with Gasteiger partial charge in [-0.05, 0) is 24.8 Å². The number of hydrogen-bond donors (Lipinski definition) is 2. The minimum absolute atomic E-state index is 0.0702. The zero-order valence-electron chi connectivity index (χ0n) is 12.7. The van der Waals surface area contributed by atoms with Crippen molar-refractivity contribution in [2.24, 2.45) is 5.92 Å². The van der Waals surface area contributed by atoms with Gasteiger partial charge in [0.05, 0.1) is 5.69 Å². The summed E-state index contributed by atoms with van der Waals surface area (Å²) in [6.07, 6.45) is 4.68. The van der Waals surface area contributed by atoms with Crippen molar-refractivity contribution in [3.8, 4) is 0 Å². The first-order valence-electron chi connectivity index (χ1n) is 7.12. The Morgan fingerprint density at radius 3 is 2.55 bits per heavy atom. The fourth-order valence-electron chi connectivity index (χ4n) is 1.95. The van der Waals surface area contributed by atoms with E-state index in [2.05, 4.69) is 15.0 Å². The third-order valence-electron chi connectivity index (χ3n) is 3.19. The third-order valence-corrected chi connectivity index (χ3v) is 4.71. The van der Waals surface area contributed by atoms with Gasteiger partial charge in [-0.15, -0.1) is 0 Å². The second kappa shape index (κ2) is 7.59. The molecular weight excluding hydrogens is 274 g/mol. The summed E-state index contributed by atoms with van der Waals surface area (Å²) in [5.41, 5.74) is 0.605. The number of nitrogens with zero attached hydrogens (tertiary/aromatic N) is 1. The summed E-state index contributed by atoms with van der Waals surface area (Å²) in [4.78, 5) is 4.15. The Morgan fingerprint density at radius 2 is 2.00 bits per heavy atom. The van der Waals surface area contributed by atoms with E-state index in [0.717, 1.165) is 19.4 Å². The third kappa shape index (κ3) is 4.45. The van der Waals surface area contributed by atoms with Crippen LogP contribution in [0.2, 0.25) is 0 Å². The van der Waals surface area contributed by atoms with Crippen molar-refractivity contribution in [2.75, 3.05) is 11.9 Å². The molecule has 1 aromatic rings. The molecule has 0 saturated heterocycles. The fourth-order valence-corrected chi connectivity index (χ4v) is 3.55. The SMILES string of the molecule is CCCNc1ccncc1S(=O)(=O)NC(CC)C(C)C. The Kier molecular flexibility index (Phi) is 6.42. The highest BCUT2D eigenvalue weighted by molar-refractivity contribution is 7.89. The predicted molar refractivity (Wildman–Crippen MR) is 82.3 cm³/mol. The number of anilines is 1. The molecule has 1 heterocycles. The molecule has 0 aliphatic carbocycles. The monoisotopic (exact) mass is 299 g/mol. The molecule has 114 valence electrons. The quantitative estimate of drug-likeness (QED) is 0.774. The Hall–Kier alpha value is -1.14. The first-order chi connectivity index (χ1) is 9.42. The van der Waals surface area contributed by atoms with Crippen molar-refractivity contribution < 1.29 is 8.42 Å². The zero-order valence-corrected chi connectivity index (χ0v) is 13.5. The molecule has 0 aliphatic heterocycles. The van der Waals surface area contributed by atoms with Gasteiger partial charge in [-0.1, -0.05) is 27.7 Å². The van der Waals surface area contributed by atoms with Crippen LogP contribution < -0.4 is 10.0 Å². The van der Waals surface area contributed by atoms with Crippen LogP contribution in [0.1, 0.15) is 40.5 Å². The lowest BCUT2D eigenvalue weighted by molar-refractivity contribution is 0.437. The minimum Gasteiger partial charge on any atom is -0.384 e. The molecule has 1 unspecified atom stereocenters. The average molecular weight is 299 g/mol. The number of sulfonamides is 1. The van der Waals surface area contributed by atoms with Gasteiger partial charge in [-0.2, -0.15) is 0 Å². The van der Waals surface area contributed by atoms with Crippen LogP contribution in [-0.4, -0.2) is 26.0 Å². The van der Waals surface area contributed by atoms with Crippen LogP contribution in [0.15, 0.2) is 23.4 Å². The standard InChI is InChI=1S/C14H25N3O2S/c1-5-8-16-13-7-9-15-10-14(13)20(18,19)17-12(6-2)11(3)4/h7,9-12,17H,5-6,8H2,1-4H3,(H,15,16). The second-order valence-corrected chi connectivity index (χ2v) is 6.86. The van der Waals surface area contributed by atoms with Crippen LogP contribution in [0.5, 0.6) is 0 Å². The fraction of sp³-hybridized carbons (Fsp3) is 0.643. The number of aromatic nitrogens is 1. The van der Waals surface area contributed by atoms with E-state index in [1.54, 1.807) is 12.3 Å². The van der Waals surface area contributed by atoms with Crippen molar-refractivity contribution in [1.82, 2.24) is 9.71 Å². The molecule has 0 aromatic carbocycles. The van der Waals surface area contributed by atoms with E-state index < -0.39 is 10.0 Å². The number of rotatable bonds is 8. The van der Waals surface area contributed by atoms with Crippen LogP contribution in [-0.2, 0) is 10.0 Å². The summed E-state index contributed by atoms with van der Waals surface area (Å²) >= 11 is 0. The summed E-state index contributed by atoms with van der Waals surface area (Å²) < 4.78 is 27.8. The summed E-state index contributed by atoms with van der Waals surface area (Å²) in [5, 5.41) is 3.13. The number of pyridine rings is 1. The van der Waals surface area contributed by atoms with E-state index in [-0.39, 0.29) is 16.9 Å². The van der Waals surface area contributed by atoms with Gasteiger partial charge in [-0.3, -0.25) is 4.98 Å².